The van der Waals surface area contributed by atoms with E-state index in [4.69, 9.17) is 23.2 Å². The topological polar surface area (TPSA) is 23.5 Å². The van der Waals surface area contributed by atoms with Gasteiger partial charge in [0.2, 0.25) is 0 Å². The molecule has 0 spiro atoms. The molecule has 1 aromatic rings. The molecular formula is C14H21Cl2NO. The van der Waals surface area contributed by atoms with Gasteiger partial charge in [0.05, 0.1) is 5.60 Å². The fourth-order valence-electron chi connectivity index (χ4n) is 1.79. The first kappa shape index (κ1) is 15.8. The molecule has 0 saturated heterocycles. The zero-order valence-electron chi connectivity index (χ0n) is 11.4. The second-order valence-corrected chi connectivity index (χ2v) is 6.39. The molecule has 0 aliphatic rings. The molecule has 0 saturated carbocycles. The summed E-state index contributed by atoms with van der Waals surface area (Å²) in [6.45, 7) is 9.14. The molecule has 0 aliphatic carbocycles. The second-order valence-electron chi connectivity index (χ2n) is 5.55. The second kappa shape index (κ2) is 6.25. The normalized spacial score (nSPS) is 12.5. The van der Waals surface area contributed by atoms with Crippen molar-refractivity contribution >= 4 is 23.2 Å². The van der Waals surface area contributed by atoms with Crippen LogP contribution < -0.4 is 0 Å². The van der Waals surface area contributed by atoms with Crippen LogP contribution in [0.5, 0.6) is 0 Å². The monoisotopic (exact) mass is 289 g/mol. The predicted molar refractivity (Wildman–Crippen MR) is 78.3 cm³/mol. The van der Waals surface area contributed by atoms with Crippen molar-refractivity contribution < 1.29 is 5.11 Å². The molecule has 4 heteroatoms. The van der Waals surface area contributed by atoms with Gasteiger partial charge in [-0.1, -0.05) is 29.3 Å². The van der Waals surface area contributed by atoms with Gasteiger partial charge >= 0.3 is 0 Å². The lowest BCUT2D eigenvalue weighted by molar-refractivity contribution is 0.0225. The van der Waals surface area contributed by atoms with Crippen molar-refractivity contribution in [1.82, 2.24) is 4.90 Å². The van der Waals surface area contributed by atoms with Crippen LogP contribution in [0.15, 0.2) is 18.2 Å². The van der Waals surface area contributed by atoms with E-state index in [1.54, 1.807) is 6.07 Å². The molecule has 1 N–H and O–H groups in total. The summed E-state index contributed by atoms with van der Waals surface area (Å²) in [7, 11) is 0. The minimum absolute atomic E-state index is 0.336. The summed E-state index contributed by atoms with van der Waals surface area (Å²) in [4.78, 5) is 2.19. The summed E-state index contributed by atoms with van der Waals surface area (Å²) in [6, 6.07) is 5.86. The van der Waals surface area contributed by atoms with Crippen LogP contribution in [0, 0.1) is 0 Å². The van der Waals surface area contributed by atoms with Crippen LogP contribution >= 0.6 is 23.2 Å². The van der Waals surface area contributed by atoms with Gasteiger partial charge in [0.1, 0.15) is 0 Å². The molecule has 0 unspecified atom stereocenters. The number of aliphatic hydroxyl groups is 1. The number of hydrogen-bond donors (Lipinski definition) is 1. The third-order valence-corrected chi connectivity index (χ3v) is 3.30. The molecule has 2 nitrogen and oxygen atoms in total. The van der Waals surface area contributed by atoms with E-state index in [0.29, 0.717) is 29.2 Å². The SMILES string of the molecule is CC(C)N(Cc1ccc(Cl)cc1Cl)CC(C)(C)O. The maximum atomic E-state index is 9.93. The minimum atomic E-state index is -0.719. The Labute approximate surface area is 120 Å². The van der Waals surface area contributed by atoms with Crippen LogP contribution in [-0.2, 0) is 6.54 Å². The molecule has 0 bridgehead atoms. The molecular weight excluding hydrogens is 269 g/mol. The van der Waals surface area contributed by atoms with Crippen LogP contribution in [0.25, 0.3) is 0 Å². The third kappa shape index (κ3) is 5.15. The van der Waals surface area contributed by atoms with Gasteiger partial charge in [-0.05, 0) is 45.4 Å². The molecule has 0 aliphatic heterocycles. The highest BCUT2D eigenvalue weighted by molar-refractivity contribution is 6.35. The van der Waals surface area contributed by atoms with Gasteiger partial charge in [0.25, 0.3) is 0 Å². The summed E-state index contributed by atoms with van der Waals surface area (Å²) < 4.78 is 0. The number of rotatable bonds is 5. The first-order valence-electron chi connectivity index (χ1n) is 6.09. The van der Waals surface area contributed by atoms with Crippen molar-refractivity contribution in [2.75, 3.05) is 6.54 Å². The van der Waals surface area contributed by atoms with Gasteiger partial charge in [-0.15, -0.1) is 0 Å². The Morgan fingerprint density at radius 3 is 2.33 bits per heavy atom. The standard InChI is InChI=1S/C14H21Cl2NO/c1-10(2)17(9-14(3,4)18)8-11-5-6-12(15)7-13(11)16/h5-7,10,18H,8-9H2,1-4H3. The van der Waals surface area contributed by atoms with Crippen molar-refractivity contribution in [2.24, 2.45) is 0 Å². The van der Waals surface area contributed by atoms with E-state index in [1.165, 1.54) is 0 Å². The van der Waals surface area contributed by atoms with Gasteiger partial charge in [0.15, 0.2) is 0 Å². The first-order chi connectivity index (χ1) is 8.19. The summed E-state index contributed by atoms with van der Waals surface area (Å²) in [5.74, 6) is 0. The molecule has 0 radical (unpaired) electrons. The molecule has 102 valence electrons. The Balaban J connectivity index is 2.83. The van der Waals surface area contributed by atoms with E-state index >= 15 is 0 Å². The third-order valence-electron chi connectivity index (χ3n) is 2.71. The highest BCUT2D eigenvalue weighted by Crippen LogP contribution is 2.23. The van der Waals surface area contributed by atoms with Gasteiger partial charge in [0, 0.05) is 29.2 Å². The van der Waals surface area contributed by atoms with Crippen LogP contribution in [0.3, 0.4) is 0 Å². The van der Waals surface area contributed by atoms with E-state index in [2.05, 4.69) is 18.7 Å². The Kier molecular flexibility index (Phi) is 5.47. The lowest BCUT2D eigenvalue weighted by atomic mass is 10.1. The smallest absolute Gasteiger partial charge is 0.0718 e. The van der Waals surface area contributed by atoms with Crippen molar-refractivity contribution in [3.63, 3.8) is 0 Å². The average Bonchev–Trinajstić information content (AvgIpc) is 2.18. The maximum Gasteiger partial charge on any atom is 0.0718 e. The first-order valence-corrected chi connectivity index (χ1v) is 6.85. The highest BCUT2D eigenvalue weighted by Gasteiger charge is 2.21. The lowest BCUT2D eigenvalue weighted by Gasteiger charge is -2.32. The van der Waals surface area contributed by atoms with Crippen molar-refractivity contribution in [3.8, 4) is 0 Å². The van der Waals surface area contributed by atoms with Crippen molar-refractivity contribution in [2.45, 2.75) is 45.9 Å². The molecule has 0 aromatic heterocycles. The van der Waals surface area contributed by atoms with Gasteiger partial charge in [-0.25, -0.2) is 0 Å². The maximum absolute atomic E-state index is 9.93. The quantitative estimate of drug-likeness (QED) is 0.886. The summed E-state index contributed by atoms with van der Waals surface area (Å²) in [5, 5.41) is 11.2. The van der Waals surface area contributed by atoms with E-state index in [9.17, 15) is 5.11 Å². The fourth-order valence-corrected chi connectivity index (χ4v) is 2.26. The minimum Gasteiger partial charge on any atom is -0.389 e. The van der Waals surface area contributed by atoms with Crippen molar-refractivity contribution in [3.05, 3.63) is 33.8 Å². The van der Waals surface area contributed by atoms with E-state index in [0.717, 1.165) is 5.56 Å². The average molecular weight is 290 g/mol. The Morgan fingerprint density at radius 2 is 1.89 bits per heavy atom. The molecule has 1 rings (SSSR count). The van der Waals surface area contributed by atoms with E-state index in [1.807, 2.05) is 26.0 Å². The van der Waals surface area contributed by atoms with E-state index in [-0.39, 0.29) is 0 Å². The Bertz CT molecular complexity index is 399. The van der Waals surface area contributed by atoms with Crippen molar-refractivity contribution in [1.29, 1.82) is 0 Å². The Hall–Kier alpha value is -0.280. The van der Waals surface area contributed by atoms with E-state index < -0.39 is 5.60 Å². The summed E-state index contributed by atoms with van der Waals surface area (Å²) in [6.07, 6.45) is 0. The fraction of sp³-hybridized carbons (Fsp3) is 0.571. The molecule has 0 amide bonds. The zero-order valence-corrected chi connectivity index (χ0v) is 12.9. The predicted octanol–water partition coefficient (Wildman–Crippen LogP) is 3.97. The molecule has 18 heavy (non-hydrogen) atoms. The van der Waals surface area contributed by atoms with Crippen LogP contribution in [0.2, 0.25) is 10.0 Å². The number of benzene rings is 1. The molecule has 0 atom stereocenters. The molecule has 0 heterocycles. The Morgan fingerprint density at radius 1 is 1.28 bits per heavy atom. The number of halogens is 2. The van der Waals surface area contributed by atoms with Gasteiger partial charge in [-0.3, -0.25) is 4.90 Å². The zero-order chi connectivity index (χ0) is 13.9. The lowest BCUT2D eigenvalue weighted by Crippen LogP contribution is -2.41. The molecule has 0 fully saturated rings. The van der Waals surface area contributed by atoms with Crippen LogP contribution in [0.4, 0.5) is 0 Å². The van der Waals surface area contributed by atoms with Crippen LogP contribution in [0.1, 0.15) is 33.3 Å². The number of nitrogens with zero attached hydrogens (tertiary/aromatic N) is 1. The van der Waals surface area contributed by atoms with Gasteiger partial charge in [-0.2, -0.15) is 0 Å². The molecule has 1 aromatic carbocycles. The highest BCUT2D eigenvalue weighted by atomic mass is 35.5. The number of hydrogen-bond acceptors (Lipinski definition) is 2. The van der Waals surface area contributed by atoms with Gasteiger partial charge < -0.3 is 5.11 Å². The summed E-state index contributed by atoms with van der Waals surface area (Å²) >= 11 is 12.1. The largest absolute Gasteiger partial charge is 0.389 e. The summed E-state index contributed by atoms with van der Waals surface area (Å²) in [5.41, 5.74) is 0.308. The van der Waals surface area contributed by atoms with Crippen LogP contribution in [-0.4, -0.2) is 28.2 Å².